The number of fused-ring (bicyclic) bond motifs is 1. The minimum atomic E-state index is -0.430. The fourth-order valence-corrected chi connectivity index (χ4v) is 0.908. The Morgan fingerprint density at radius 3 is 2.83 bits per heavy atom. The van der Waals surface area contributed by atoms with Crippen LogP contribution in [-0.2, 0) is 0 Å². The van der Waals surface area contributed by atoms with E-state index in [1.54, 1.807) is 0 Å². The van der Waals surface area contributed by atoms with Gasteiger partial charge in [0, 0.05) is 6.07 Å². The third-order valence-electron chi connectivity index (χ3n) is 1.42. The van der Waals surface area contributed by atoms with Crippen molar-refractivity contribution in [3.05, 3.63) is 24.3 Å². The first-order chi connectivity index (χ1) is 5.75. The van der Waals surface area contributed by atoms with Gasteiger partial charge >= 0.3 is 0 Å². The largest absolute Gasteiger partial charge is 0.368 e. The highest BCUT2D eigenvalue weighted by Gasteiger charge is 1.98. The zero-order chi connectivity index (χ0) is 8.55. The molecule has 2 heterocycles. The zero-order valence-corrected chi connectivity index (χ0v) is 6.03. The van der Waals surface area contributed by atoms with E-state index in [1.807, 2.05) is 0 Å². The Bertz CT molecular complexity index is 392. The first-order valence-corrected chi connectivity index (χ1v) is 3.29. The summed E-state index contributed by atoms with van der Waals surface area (Å²) >= 11 is 0. The van der Waals surface area contributed by atoms with Crippen molar-refractivity contribution in [2.75, 3.05) is 5.73 Å². The molecule has 60 valence electrons. The molecule has 4 nitrogen and oxygen atoms in total. The molecule has 0 saturated carbocycles. The van der Waals surface area contributed by atoms with Crippen molar-refractivity contribution in [2.45, 2.75) is 0 Å². The minimum Gasteiger partial charge on any atom is -0.368 e. The minimum absolute atomic E-state index is 0.120. The molecular weight excluding hydrogens is 159 g/mol. The molecule has 0 spiro atoms. The third-order valence-corrected chi connectivity index (χ3v) is 1.42. The van der Waals surface area contributed by atoms with Gasteiger partial charge in [-0.3, -0.25) is 0 Å². The van der Waals surface area contributed by atoms with Crippen LogP contribution in [0.2, 0.25) is 0 Å². The molecule has 0 fully saturated rings. The average Bonchev–Trinajstić information content (AvgIpc) is 2.03. The van der Waals surface area contributed by atoms with Gasteiger partial charge in [0.05, 0.1) is 17.9 Å². The number of halogens is 1. The summed E-state index contributed by atoms with van der Waals surface area (Å²) in [5.74, 6) is -0.310. The maximum absolute atomic E-state index is 12.6. The van der Waals surface area contributed by atoms with Crippen LogP contribution in [0, 0.1) is 5.82 Å². The molecule has 0 aliphatic carbocycles. The summed E-state index contributed by atoms with van der Waals surface area (Å²) in [4.78, 5) is 11.3. The van der Waals surface area contributed by atoms with Crippen LogP contribution < -0.4 is 5.73 Å². The zero-order valence-electron chi connectivity index (χ0n) is 6.03. The van der Waals surface area contributed by atoms with Crippen molar-refractivity contribution in [3.8, 4) is 0 Å². The second-order valence-corrected chi connectivity index (χ2v) is 2.29. The van der Waals surface area contributed by atoms with Crippen molar-refractivity contribution < 1.29 is 4.39 Å². The first kappa shape index (κ1) is 6.90. The summed E-state index contributed by atoms with van der Waals surface area (Å²) in [5, 5.41) is 0. The van der Waals surface area contributed by atoms with E-state index in [1.165, 1.54) is 12.3 Å². The Morgan fingerprint density at radius 1 is 1.17 bits per heavy atom. The van der Waals surface area contributed by atoms with E-state index in [0.717, 1.165) is 6.20 Å². The third kappa shape index (κ3) is 1.05. The summed E-state index contributed by atoms with van der Waals surface area (Å²) < 4.78 is 12.6. The fourth-order valence-electron chi connectivity index (χ4n) is 0.908. The molecule has 2 aromatic rings. The average molecular weight is 164 g/mol. The van der Waals surface area contributed by atoms with Crippen LogP contribution in [0.25, 0.3) is 11.0 Å². The molecule has 5 heteroatoms. The summed E-state index contributed by atoms with van der Waals surface area (Å²) in [7, 11) is 0. The molecule has 0 bridgehead atoms. The number of rotatable bonds is 0. The molecule has 0 amide bonds. The first-order valence-electron chi connectivity index (χ1n) is 3.29. The molecule has 0 unspecified atom stereocenters. The number of pyridine rings is 1. The highest BCUT2D eigenvalue weighted by Crippen LogP contribution is 2.09. The Kier molecular flexibility index (Phi) is 1.36. The van der Waals surface area contributed by atoms with Gasteiger partial charge in [0.2, 0.25) is 5.95 Å². The maximum Gasteiger partial charge on any atom is 0.220 e. The highest BCUT2D eigenvalue weighted by molar-refractivity contribution is 5.73. The van der Waals surface area contributed by atoms with Gasteiger partial charge in [-0.15, -0.1) is 0 Å². The van der Waals surface area contributed by atoms with E-state index in [-0.39, 0.29) is 5.95 Å². The second-order valence-electron chi connectivity index (χ2n) is 2.29. The normalized spacial score (nSPS) is 10.4. The molecule has 0 aliphatic rings. The Hall–Kier alpha value is -1.78. The van der Waals surface area contributed by atoms with Crippen LogP contribution in [0.15, 0.2) is 18.5 Å². The number of hydrogen-bond acceptors (Lipinski definition) is 4. The monoisotopic (exact) mass is 164 g/mol. The lowest BCUT2D eigenvalue weighted by molar-refractivity contribution is 0.624. The van der Waals surface area contributed by atoms with Crippen LogP contribution >= 0.6 is 0 Å². The molecule has 0 saturated heterocycles. The van der Waals surface area contributed by atoms with Gasteiger partial charge in [0.25, 0.3) is 0 Å². The molecule has 0 aromatic carbocycles. The van der Waals surface area contributed by atoms with Crippen LogP contribution in [-0.4, -0.2) is 15.0 Å². The summed E-state index contributed by atoms with van der Waals surface area (Å²) in [6, 6.07) is 1.26. The standard InChI is InChI=1S/C7H5FN4/c8-4-1-5-6(10-2-4)3-11-7(9)12-5/h1-3H,(H2,9,11,12). The van der Waals surface area contributed by atoms with Crippen LogP contribution in [0.4, 0.5) is 10.3 Å². The van der Waals surface area contributed by atoms with Gasteiger partial charge < -0.3 is 5.73 Å². The molecule has 2 N–H and O–H groups in total. The molecule has 2 rings (SSSR count). The lowest BCUT2D eigenvalue weighted by Gasteiger charge is -1.95. The lowest BCUT2D eigenvalue weighted by Crippen LogP contribution is -1.95. The SMILES string of the molecule is Nc1ncc2ncc(F)cc2n1. The van der Waals surface area contributed by atoms with Crippen LogP contribution in [0.5, 0.6) is 0 Å². The topological polar surface area (TPSA) is 64.7 Å². The number of nitrogens with zero attached hydrogens (tertiary/aromatic N) is 3. The van der Waals surface area contributed by atoms with Gasteiger partial charge in [-0.2, -0.15) is 0 Å². The molecule has 0 aliphatic heterocycles. The maximum atomic E-state index is 12.6. The predicted molar refractivity (Wildman–Crippen MR) is 41.7 cm³/mol. The smallest absolute Gasteiger partial charge is 0.220 e. The van der Waals surface area contributed by atoms with Gasteiger partial charge in [-0.25, -0.2) is 19.3 Å². The number of anilines is 1. The van der Waals surface area contributed by atoms with Gasteiger partial charge in [-0.1, -0.05) is 0 Å². The van der Waals surface area contributed by atoms with E-state index in [9.17, 15) is 4.39 Å². The van der Waals surface area contributed by atoms with E-state index >= 15 is 0 Å². The number of nitrogens with two attached hydrogens (primary N) is 1. The molecule has 0 atom stereocenters. The van der Waals surface area contributed by atoms with Gasteiger partial charge in [0.1, 0.15) is 11.3 Å². The Labute approximate surface area is 67.3 Å². The fraction of sp³-hybridized carbons (Fsp3) is 0. The summed E-state index contributed by atoms with van der Waals surface area (Å²) in [6.07, 6.45) is 2.57. The van der Waals surface area contributed by atoms with Crippen molar-refractivity contribution in [1.29, 1.82) is 0 Å². The van der Waals surface area contributed by atoms with Gasteiger partial charge in [0.15, 0.2) is 0 Å². The molecule has 12 heavy (non-hydrogen) atoms. The molecule has 2 aromatic heterocycles. The quantitative estimate of drug-likeness (QED) is 0.623. The van der Waals surface area contributed by atoms with Crippen LogP contribution in [0.3, 0.4) is 0 Å². The van der Waals surface area contributed by atoms with E-state index < -0.39 is 5.82 Å². The van der Waals surface area contributed by atoms with Crippen molar-refractivity contribution in [1.82, 2.24) is 15.0 Å². The van der Waals surface area contributed by atoms with E-state index in [4.69, 9.17) is 5.73 Å². The predicted octanol–water partition coefficient (Wildman–Crippen LogP) is 0.746. The lowest BCUT2D eigenvalue weighted by atomic mass is 10.4. The molecular formula is C7H5FN4. The van der Waals surface area contributed by atoms with Gasteiger partial charge in [-0.05, 0) is 0 Å². The summed E-state index contributed by atoms with van der Waals surface area (Å²) in [5.41, 5.74) is 6.25. The summed E-state index contributed by atoms with van der Waals surface area (Å²) in [6.45, 7) is 0. The number of nitrogen functional groups attached to an aromatic ring is 1. The van der Waals surface area contributed by atoms with Crippen molar-refractivity contribution in [3.63, 3.8) is 0 Å². The molecule has 0 radical (unpaired) electrons. The second kappa shape index (κ2) is 2.37. The van der Waals surface area contributed by atoms with Crippen molar-refractivity contribution in [2.24, 2.45) is 0 Å². The van der Waals surface area contributed by atoms with E-state index in [2.05, 4.69) is 15.0 Å². The number of hydrogen-bond donors (Lipinski definition) is 1. The number of aromatic nitrogens is 3. The Morgan fingerprint density at radius 2 is 2.00 bits per heavy atom. The van der Waals surface area contributed by atoms with Crippen molar-refractivity contribution >= 4 is 17.0 Å². The van der Waals surface area contributed by atoms with Crippen LogP contribution in [0.1, 0.15) is 0 Å². The highest BCUT2D eigenvalue weighted by atomic mass is 19.1. The Balaban J connectivity index is 2.80. The van der Waals surface area contributed by atoms with E-state index in [0.29, 0.717) is 11.0 Å².